The third-order valence-electron chi connectivity index (χ3n) is 2.85. The molecule has 0 unspecified atom stereocenters. The number of nitro groups is 1. The molecule has 126 valence electrons. The second-order valence-corrected chi connectivity index (χ2v) is 6.18. The number of nitrogens with zero attached hydrogens (tertiary/aromatic N) is 1. The fourth-order valence-corrected chi connectivity index (χ4v) is 3.16. The van der Waals surface area contributed by atoms with Gasteiger partial charge in [0.2, 0.25) is 5.75 Å². The highest BCUT2D eigenvalue weighted by molar-refractivity contribution is 9.11. The molecule has 0 amide bonds. The van der Waals surface area contributed by atoms with Crippen molar-refractivity contribution in [1.82, 2.24) is 0 Å². The number of ether oxygens (including phenoxy) is 1. The van der Waals surface area contributed by atoms with E-state index in [0.717, 1.165) is 6.07 Å². The molecular weight excluding hydrogens is 463 g/mol. The number of alkyl halides is 3. The smallest absolute Gasteiger partial charge is 0.416 e. The number of carbonyl (C=O) groups is 1. The van der Waals surface area contributed by atoms with Gasteiger partial charge in [-0.25, -0.2) is 0 Å². The van der Waals surface area contributed by atoms with E-state index >= 15 is 0 Å². The highest BCUT2D eigenvalue weighted by Crippen LogP contribution is 2.42. The summed E-state index contributed by atoms with van der Waals surface area (Å²) in [4.78, 5) is 20.9. The van der Waals surface area contributed by atoms with Gasteiger partial charge in [-0.3, -0.25) is 14.9 Å². The van der Waals surface area contributed by atoms with Crippen molar-refractivity contribution in [3.05, 3.63) is 60.5 Å². The maximum atomic E-state index is 12.7. The minimum Gasteiger partial charge on any atom is -0.448 e. The molecule has 2 rings (SSSR count). The van der Waals surface area contributed by atoms with E-state index in [2.05, 4.69) is 31.9 Å². The molecule has 2 aromatic carbocycles. The molecule has 0 atom stereocenters. The lowest BCUT2D eigenvalue weighted by molar-refractivity contribution is -0.385. The zero-order valence-electron chi connectivity index (χ0n) is 11.4. The first kappa shape index (κ1) is 18.4. The number of halogens is 5. The Morgan fingerprint density at radius 1 is 1.12 bits per heavy atom. The van der Waals surface area contributed by atoms with Crippen LogP contribution in [0.2, 0.25) is 0 Å². The quantitative estimate of drug-likeness (QED) is 0.325. The molecule has 0 heterocycles. The van der Waals surface area contributed by atoms with Crippen LogP contribution >= 0.6 is 31.9 Å². The van der Waals surface area contributed by atoms with Gasteiger partial charge in [0.15, 0.2) is 5.75 Å². The van der Waals surface area contributed by atoms with Crippen molar-refractivity contribution in [1.29, 1.82) is 0 Å². The van der Waals surface area contributed by atoms with Gasteiger partial charge in [-0.15, -0.1) is 0 Å². The topological polar surface area (TPSA) is 69.4 Å². The first-order chi connectivity index (χ1) is 11.1. The number of hydrogen-bond donors (Lipinski definition) is 0. The summed E-state index contributed by atoms with van der Waals surface area (Å²) in [6, 6.07) is 4.76. The molecule has 0 N–H and O–H groups in total. The minimum absolute atomic E-state index is 0.0865. The normalized spacial score (nSPS) is 11.2. The highest BCUT2D eigenvalue weighted by Gasteiger charge is 2.33. The van der Waals surface area contributed by atoms with Crippen molar-refractivity contribution < 1.29 is 27.6 Å². The lowest BCUT2D eigenvalue weighted by Crippen LogP contribution is -2.06. The molecule has 0 aliphatic heterocycles. The number of carbonyl (C=O) groups excluding carboxylic acids is 1. The molecule has 0 bridgehead atoms. The molecule has 0 aromatic heterocycles. The van der Waals surface area contributed by atoms with Crippen molar-refractivity contribution >= 4 is 43.8 Å². The second kappa shape index (κ2) is 6.89. The van der Waals surface area contributed by atoms with Crippen LogP contribution in [0.5, 0.6) is 11.5 Å². The van der Waals surface area contributed by atoms with Gasteiger partial charge in [-0.1, -0.05) is 0 Å². The first-order valence-electron chi connectivity index (χ1n) is 6.11. The zero-order valence-corrected chi connectivity index (χ0v) is 14.6. The van der Waals surface area contributed by atoms with Crippen LogP contribution in [0.15, 0.2) is 39.3 Å². The lowest BCUT2D eigenvalue weighted by Gasteiger charge is -2.12. The van der Waals surface area contributed by atoms with Crippen LogP contribution in [-0.2, 0) is 6.18 Å². The van der Waals surface area contributed by atoms with Gasteiger partial charge in [-0.2, -0.15) is 13.2 Å². The van der Waals surface area contributed by atoms with E-state index in [1.807, 2.05) is 0 Å². The Balaban J connectivity index is 2.51. The minimum atomic E-state index is -4.71. The molecule has 10 heteroatoms. The molecule has 0 aliphatic rings. The van der Waals surface area contributed by atoms with Crippen LogP contribution in [0.25, 0.3) is 0 Å². The molecule has 24 heavy (non-hydrogen) atoms. The summed E-state index contributed by atoms with van der Waals surface area (Å²) in [5, 5.41) is 11.0. The SMILES string of the molecule is O=Cc1cc(Br)c(Oc2ccc(C(F)(F)F)cc2[N+](=O)[O-])c(Br)c1. The largest absolute Gasteiger partial charge is 0.448 e. The van der Waals surface area contributed by atoms with Crippen molar-refractivity contribution in [3.63, 3.8) is 0 Å². The first-order valence-corrected chi connectivity index (χ1v) is 7.70. The average Bonchev–Trinajstić information content (AvgIpc) is 2.49. The van der Waals surface area contributed by atoms with Crippen molar-refractivity contribution in [2.45, 2.75) is 6.18 Å². The lowest BCUT2D eigenvalue weighted by atomic mass is 10.2. The third kappa shape index (κ3) is 3.93. The predicted molar refractivity (Wildman–Crippen MR) is 85.4 cm³/mol. The predicted octanol–water partition coefficient (Wildman–Crippen LogP) is 5.74. The summed E-state index contributed by atoms with van der Waals surface area (Å²) in [5.41, 5.74) is -1.68. The Morgan fingerprint density at radius 2 is 1.71 bits per heavy atom. The van der Waals surface area contributed by atoms with Gasteiger partial charge < -0.3 is 4.74 Å². The summed E-state index contributed by atoms with van der Waals surface area (Å²) >= 11 is 6.28. The molecule has 0 radical (unpaired) electrons. The fraction of sp³-hybridized carbons (Fsp3) is 0.0714. The molecule has 0 spiro atoms. The Kier molecular flexibility index (Phi) is 5.29. The molecular formula is C14H6Br2F3NO4. The van der Waals surface area contributed by atoms with Gasteiger partial charge >= 0.3 is 11.9 Å². The molecule has 0 aliphatic carbocycles. The second-order valence-electron chi connectivity index (χ2n) is 4.47. The van der Waals surface area contributed by atoms with Crippen LogP contribution in [0.1, 0.15) is 15.9 Å². The summed E-state index contributed by atoms with van der Waals surface area (Å²) in [7, 11) is 0. The van der Waals surface area contributed by atoms with Gasteiger partial charge in [0.05, 0.1) is 19.4 Å². The van der Waals surface area contributed by atoms with Crippen molar-refractivity contribution in [2.24, 2.45) is 0 Å². The van der Waals surface area contributed by atoms with E-state index in [9.17, 15) is 28.1 Å². The number of aldehydes is 1. The standard InChI is InChI=1S/C14H6Br2F3NO4/c15-9-3-7(6-21)4-10(16)13(9)24-12-2-1-8(14(17,18)19)5-11(12)20(22)23/h1-6H. The van der Waals surface area contributed by atoms with E-state index < -0.39 is 22.4 Å². The molecule has 2 aromatic rings. The summed E-state index contributed by atoms with van der Waals surface area (Å²) in [6.45, 7) is 0. The number of hydrogen-bond acceptors (Lipinski definition) is 4. The molecule has 0 fully saturated rings. The van der Waals surface area contributed by atoms with Crippen LogP contribution in [0.3, 0.4) is 0 Å². The van der Waals surface area contributed by atoms with Crippen molar-refractivity contribution in [3.8, 4) is 11.5 Å². The third-order valence-corrected chi connectivity index (χ3v) is 4.03. The monoisotopic (exact) mass is 467 g/mol. The van der Waals surface area contributed by atoms with Crippen LogP contribution in [0, 0.1) is 10.1 Å². The van der Waals surface area contributed by atoms with Gasteiger partial charge in [0.25, 0.3) is 0 Å². The van der Waals surface area contributed by atoms with Gasteiger partial charge in [0.1, 0.15) is 6.29 Å². The Morgan fingerprint density at radius 3 is 2.17 bits per heavy atom. The maximum Gasteiger partial charge on any atom is 0.416 e. The molecule has 0 saturated heterocycles. The average molecular weight is 469 g/mol. The van der Waals surface area contributed by atoms with Crippen LogP contribution in [-0.4, -0.2) is 11.2 Å². The van der Waals surface area contributed by atoms with E-state index in [4.69, 9.17) is 4.74 Å². The fourth-order valence-electron chi connectivity index (χ4n) is 1.78. The van der Waals surface area contributed by atoms with Crippen molar-refractivity contribution in [2.75, 3.05) is 0 Å². The molecule has 0 saturated carbocycles. The molecule has 5 nitrogen and oxygen atoms in total. The van der Waals surface area contributed by atoms with E-state index in [1.54, 1.807) is 0 Å². The van der Waals surface area contributed by atoms with E-state index in [1.165, 1.54) is 12.1 Å². The Labute approximate surface area is 149 Å². The Bertz CT molecular complexity index is 801. The maximum absolute atomic E-state index is 12.7. The van der Waals surface area contributed by atoms with Crippen LogP contribution < -0.4 is 4.74 Å². The highest BCUT2D eigenvalue weighted by atomic mass is 79.9. The number of benzene rings is 2. The summed E-state index contributed by atoms with van der Waals surface area (Å²) < 4.78 is 44.0. The zero-order chi connectivity index (χ0) is 18.1. The van der Waals surface area contributed by atoms with Gasteiger partial charge in [-0.05, 0) is 56.1 Å². The Hall–Kier alpha value is -1.94. The number of nitro benzene ring substituents is 1. The van der Waals surface area contributed by atoms with Gasteiger partial charge in [0, 0.05) is 11.6 Å². The summed E-state index contributed by atoms with van der Waals surface area (Å²) in [6.07, 6.45) is -4.13. The number of rotatable bonds is 4. The van der Waals surface area contributed by atoms with Crippen LogP contribution in [0.4, 0.5) is 18.9 Å². The summed E-state index contributed by atoms with van der Waals surface area (Å²) in [5.74, 6) is -0.281. The van der Waals surface area contributed by atoms with E-state index in [-0.39, 0.29) is 11.5 Å². The van der Waals surface area contributed by atoms with E-state index in [0.29, 0.717) is 32.9 Å².